The molecule has 10 heteroatoms. The van der Waals surface area contributed by atoms with Gasteiger partial charge in [0.15, 0.2) is 0 Å². The maximum absolute atomic E-state index is 12.0. The third-order valence-corrected chi connectivity index (χ3v) is 4.28. The first-order valence-electron chi connectivity index (χ1n) is 9.68. The molecule has 0 fully saturated rings. The van der Waals surface area contributed by atoms with Gasteiger partial charge in [-0.15, -0.1) is 6.42 Å². The van der Waals surface area contributed by atoms with Crippen LogP contribution in [0.25, 0.3) is 0 Å². The van der Waals surface area contributed by atoms with Crippen LogP contribution in [0.15, 0.2) is 53.4 Å². The lowest BCUT2D eigenvalue weighted by Crippen LogP contribution is -2.28. The Kier molecular flexibility index (Phi) is 7.37. The number of carbonyl (C=O) groups excluding carboxylic acids is 1. The van der Waals surface area contributed by atoms with Crippen molar-refractivity contribution < 1.29 is 23.6 Å². The fourth-order valence-electron chi connectivity index (χ4n) is 2.89. The summed E-state index contributed by atoms with van der Waals surface area (Å²) in [6.07, 6.45) is 8.04. The van der Waals surface area contributed by atoms with E-state index < -0.39 is 16.6 Å². The summed E-state index contributed by atoms with van der Waals surface area (Å²) < 4.78 is 16.0. The van der Waals surface area contributed by atoms with Crippen LogP contribution in [-0.4, -0.2) is 34.0 Å². The third-order valence-electron chi connectivity index (χ3n) is 4.28. The Hall–Kier alpha value is -4.39. The van der Waals surface area contributed by atoms with E-state index in [1.54, 1.807) is 48.2 Å². The van der Waals surface area contributed by atoms with Crippen molar-refractivity contribution in [1.29, 1.82) is 0 Å². The first kappa shape index (κ1) is 22.3. The number of anilines is 1. The van der Waals surface area contributed by atoms with Gasteiger partial charge in [-0.1, -0.05) is 12.0 Å². The number of ether oxygens (including phenoxy) is 2. The van der Waals surface area contributed by atoms with E-state index in [4.69, 9.17) is 20.3 Å². The highest BCUT2D eigenvalue weighted by atomic mass is 16.6. The minimum absolute atomic E-state index is 0.00386. The van der Waals surface area contributed by atoms with Gasteiger partial charge < -0.3 is 18.8 Å². The topological polar surface area (TPSA) is 121 Å². The molecule has 1 aromatic carbocycles. The van der Waals surface area contributed by atoms with Gasteiger partial charge in [0.1, 0.15) is 17.8 Å². The van der Waals surface area contributed by atoms with Crippen LogP contribution in [0.2, 0.25) is 0 Å². The monoisotopic (exact) mass is 436 g/mol. The molecule has 0 aliphatic heterocycles. The second kappa shape index (κ2) is 10.6. The van der Waals surface area contributed by atoms with E-state index >= 15 is 0 Å². The van der Waals surface area contributed by atoms with Crippen LogP contribution >= 0.6 is 0 Å². The van der Waals surface area contributed by atoms with Crippen molar-refractivity contribution >= 4 is 17.5 Å². The Bertz CT molecular complexity index is 1120. The molecule has 2 aromatic heterocycles. The molecular weight excluding hydrogens is 416 g/mol. The lowest BCUT2D eigenvalue weighted by molar-refractivity contribution is -0.385. The molecule has 3 rings (SSSR count). The van der Waals surface area contributed by atoms with Gasteiger partial charge in [-0.25, -0.2) is 4.98 Å². The molecule has 0 bridgehead atoms. The number of terminal acetylenes is 1. The Morgan fingerprint density at radius 3 is 2.84 bits per heavy atom. The normalized spacial score (nSPS) is 10.2. The van der Waals surface area contributed by atoms with Gasteiger partial charge in [-0.3, -0.25) is 14.9 Å². The number of benzene rings is 1. The zero-order valence-electron chi connectivity index (χ0n) is 17.3. The number of rotatable bonds is 10. The van der Waals surface area contributed by atoms with Gasteiger partial charge >= 0.3 is 17.5 Å². The van der Waals surface area contributed by atoms with Crippen molar-refractivity contribution in [3.8, 4) is 24.0 Å². The summed E-state index contributed by atoms with van der Waals surface area (Å²) in [5.41, 5.74) is 0.0994. The predicted octanol–water partition coefficient (Wildman–Crippen LogP) is 3.71. The summed E-state index contributed by atoms with van der Waals surface area (Å²) >= 11 is 0. The van der Waals surface area contributed by atoms with Crippen LogP contribution < -0.4 is 9.64 Å². The van der Waals surface area contributed by atoms with Gasteiger partial charge in [-0.05, 0) is 37.3 Å². The number of furan rings is 1. The number of carbonyl (C=O) groups is 1. The Balaban J connectivity index is 1.97. The summed E-state index contributed by atoms with van der Waals surface area (Å²) in [6.45, 7) is 2.17. The lowest BCUT2D eigenvalue weighted by atomic mass is 10.2. The molecule has 0 aliphatic rings. The average Bonchev–Trinajstić information content (AvgIpc) is 3.30. The molecule has 0 saturated carbocycles. The van der Waals surface area contributed by atoms with E-state index in [-0.39, 0.29) is 43.6 Å². The fraction of sp³-hybridized carbons (Fsp3) is 0.227. The molecule has 0 spiro atoms. The fourth-order valence-corrected chi connectivity index (χ4v) is 2.89. The summed E-state index contributed by atoms with van der Waals surface area (Å²) in [5, 5.41) is 12.0. The van der Waals surface area contributed by atoms with Crippen molar-refractivity contribution in [3.05, 3.63) is 70.4 Å². The number of hydrogen-bond donors (Lipinski definition) is 0. The van der Waals surface area contributed by atoms with E-state index in [9.17, 15) is 14.9 Å². The highest BCUT2D eigenvalue weighted by Crippen LogP contribution is 2.36. The quantitative estimate of drug-likeness (QED) is 0.203. The minimum Gasteiger partial charge on any atom is -0.467 e. The maximum Gasteiger partial charge on any atom is 0.373 e. The molecule has 0 atom stereocenters. The minimum atomic E-state index is -0.630. The van der Waals surface area contributed by atoms with Crippen LogP contribution in [0.1, 0.15) is 24.7 Å². The molecule has 0 radical (unpaired) electrons. The Morgan fingerprint density at radius 2 is 2.16 bits per heavy atom. The first-order valence-corrected chi connectivity index (χ1v) is 9.68. The summed E-state index contributed by atoms with van der Waals surface area (Å²) in [6, 6.07) is 9.95. The van der Waals surface area contributed by atoms with Crippen molar-refractivity contribution in [2.24, 2.45) is 0 Å². The van der Waals surface area contributed by atoms with Crippen LogP contribution in [0.3, 0.4) is 0 Å². The molecule has 0 saturated heterocycles. The van der Waals surface area contributed by atoms with Gasteiger partial charge in [0.05, 0.1) is 30.8 Å². The zero-order chi connectivity index (χ0) is 22.9. The van der Waals surface area contributed by atoms with Crippen LogP contribution in [0, 0.1) is 22.5 Å². The van der Waals surface area contributed by atoms with Crippen LogP contribution in [0.4, 0.5) is 11.5 Å². The number of aromatic nitrogens is 2. The van der Waals surface area contributed by atoms with Gasteiger partial charge in [0, 0.05) is 12.1 Å². The molecule has 0 aliphatic carbocycles. The van der Waals surface area contributed by atoms with Gasteiger partial charge in [0.2, 0.25) is 5.82 Å². The third kappa shape index (κ3) is 5.60. The van der Waals surface area contributed by atoms with Gasteiger partial charge in [0.25, 0.3) is 0 Å². The average molecular weight is 436 g/mol. The molecule has 0 amide bonds. The largest absolute Gasteiger partial charge is 0.467 e. The second-order valence-corrected chi connectivity index (χ2v) is 6.44. The summed E-state index contributed by atoms with van der Waals surface area (Å²) in [5.74, 6) is 2.59. The number of esters is 1. The van der Waals surface area contributed by atoms with E-state index in [1.165, 1.54) is 6.26 Å². The molecule has 2 heterocycles. The highest BCUT2D eigenvalue weighted by Gasteiger charge is 2.29. The zero-order valence-corrected chi connectivity index (χ0v) is 17.3. The lowest BCUT2D eigenvalue weighted by Gasteiger charge is -2.22. The predicted molar refractivity (Wildman–Crippen MR) is 114 cm³/mol. The molecule has 10 nitrogen and oxygen atoms in total. The van der Waals surface area contributed by atoms with E-state index in [2.05, 4.69) is 15.9 Å². The van der Waals surface area contributed by atoms with Crippen molar-refractivity contribution in [1.82, 2.24) is 9.97 Å². The molecular formula is C22H20N4O6. The number of hydrogen-bond acceptors (Lipinski definition) is 9. The Labute approximate surface area is 183 Å². The van der Waals surface area contributed by atoms with Crippen LogP contribution in [-0.2, 0) is 16.1 Å². The molecule has 3 aromatic rings. The van der Waals surface area contributed by atoms with Crippen molar-refractivity contribution in [3.63, 3.8) is 0 Å². The van der Waals surface area contributed by atoms with Crippen molar-refractivity contribution in [2.75, 3.05) is 18.1 Å². The van der Waals surface area contributed by atoms with Gasteiger partial charge in [-0.2, -0.15) is 4.98 Å². The summed E-state index contributed by atoms with van der Waals surface area (Å²) in [7, 11) is 0. The second-order valence-electron chi connectivity index (χ2n) is 6.44. The van der Waals surface area contributed by atoms with Crippen LogP contribution in [0.5, 0.6) is 11.6 Å². The van der Waals surface area contributed by atoms with E-state index in [1.807, 2.05) is 0 Å². The highest BCUT2D eigenvalue weighted by molar-refractivity contribution is 5.71. The standard InChI is InChI=1S/C22H20N4O6/c1-3-16-7-5-8-17(13-16)32-22-20(26(28)29)21(23-15-24-22)25(11-10-19(27)30-4-2)14-18-9-6-12-31-18/h1,5-9,12-13,15H,4,10-11,14H2,2H3. The summed E-state index contributed by atoms with van der Waals surface area (Å²) in [4.78, 5) is 32.8. The van der Waals surface area contributed by atoms with Crippen molar-refractivity contribution in [2.45, 2.75) is 19.9 Å². The smallest absolute Gasteiger partial charge is 0.373 e. The number of nitro groups is 1. The molecule has 0 unspecified atom stereocenters. The molecule has 164 valence electrons. The Morgan fingerprint density at radius 1 is 1.31 bits per heavy atom. The molecule has 0 N–H and O–H groups in total. The SMILES string of the molecule is C#Cc1cccc(Oc2ncnc(N(CCC(=O)OCC)Cc3ccco3)c2[N+](=O)[O-])c1. The first-order chi connectivity index (χ1) is 15.5. The van der Waals surface area contributed by atoms with E-state index in [0.717, 1.165) is 6.33 Å². The van der Waals surface area contributed by atoms with E-state index in [0.29, 0.717) is 11.3 Å². The maximum atomic E-state index is 12.0. The molecule has 32 heavy (non-hydrogen) atoms. The number of nitrogens with zero attached hydrogens (tertiary/aromatic N) is 4.